The average molecular weight is 703 g/mol. The first-order chi connectivity index (χ1) is 25.2. The maximum Gasteiger partial charge on any atom is 0.272 e. The highest BCUT2D eigenvalue weighted by atomic mass is 16.5. The van der Waals surface area contributed by atoms with Crippen molar-refractivity contribution in [2.24, 2.45) is 12.0 Å². The molecule has 2 aliphatic rings. The Hall–Kier alpha value is -6.44. The molecule has 3 amide bonds. The van der Waals surface area contributed by atoms with Gasteiger partial charge in [-0.2, -0.15) is 5.10 Å². The van der Waals surface area contributed by atoms with E-state index in [-0.39, 0.29) is 36.8 Å². The van der Waals surface area contributed by atoms with E-state index >= 15 is 0 Å². The number of benzene rings is 3. The van der Waals surface area contributed by atoms with E-state index in [1.54, 1.807) is 79.3 Å². The van der Waals surface area contributed by atoms with Gasteiger partial charge >= 0.3 is 0 Å². The minimum atomic E-state index is -0.357. The third kappa shape index (κ3) is 6.95. The van der Waals surface area contributed by atoms with Crippen molar-refractivity contribution in [2.75, 3.05) is 31.5 Å². The molecular weight excluding hydrogens is 664 g/mol. The van der Waals surface area contributed by atoms with Gasteiger partial charge in [0.25, 0.3) is 11.8 Å². The normalized spacial score (nSPS) is 14.5. The molecule has 266 valence electrons. The van der Waals surface area contributed by atoms with Crippen molar-refractivity contribution in [1.29, 1.82) is 0 Å². The molecule has 14 nitrogen and oxygen atoms in total. The zero-order valence-electron chi connectivity index (χ0n) is 29.3. The van der Waals surface area contributed by atoms with Gasteiger partial charge in [-0.15, -0.1) is 0 Å². The zero-order chi connectivity index (χ0) is 36.4. The second-order valence-electron chi connectivity index (χ2n) is 12.6. The molecule has 2 aliphatic heterocycles. The highest BCUT2D eigenvalue weighted by molar-refractivity contribution is 6.05. The van der Waals surface area contributed by atoms with Gasteiger partial charge in [-0.1, -0.05) is 24.3 Å². The number of aromatic nitrogens is 4. The fraction of sp³-hybridized carbons (Fsp3) is 0.263. The minimum Gasteiger partial charge on any atom is -0.494 e. The van der Waals surface area contributed by atoms with Gasteiger partial charge in [0, 0.05) is 50.2 Å². The van der Waals surface area contributed by atoms with E-state index < -0.39 is 0 Å². The quantitative estimate of drug-likeness (QED) is 0.177. The topological polar surface area (TPSA) is 154 Å². The smallest absolute Gasteiger partial charge is 0.272 e. The average Bonchev–Trinajstić information content (AvgIpc) is 3.72. The van der Waals surface area contributed by atoms with E-state index in [2.05, 4.69) is 37.8 Å². The number of hydrogen-bond donors (Lipinski definition) is 2. The number of aliphatic imine (C=N–C) groups is 1. The predicted octanol–water partition coefficient (Wildman–Crippen LogP) is 5.26. The van der Waals surface area contributed by atoms with Crippen LogP contribution in [0.25, 0.3) is 5.69 Å². The molecule has 0 fully saturated rings. The molecule has 1 atom stereocenters. The van der Waals surface area contributed by atoms with Gasteiger partial charge in [-0.3, -0.25) is 19.4 Å². The SMILES string of the molecule is COc1cc2c(cc1OCCCC(=O)Nc1cc(C(=O)Nc3ccc(-n4cnc(C)n4)c(OC)c3)n(C)c1)N=CC1Cc3ccccc3CN1C2=O. The Kier molecular flexibility index (Phi) is 9.44. The molecule has 0 saturated carbocycles. The van der Waals surface area contributed by atoms with Crippen LogP contribution in [0.1, 0.15) is 50.6 Å². The maximum atomic E-state index is 13.6. The molecule has 3 aromatic carbocycles. The lowest BCUT2D eigenvalue weighted by Crippen LogP contribution is -2.44. The molecule has 1 unspecified atom stereocenters. The van der Waals surface area contributed by atoms with E-state index in [1.807, 2.05) is 23.2 Å². The third-order valence-electron chi connectivity index (χ3n) is 9.07. The number of amides is 3. The number of rotatable bonds is 11. The van der Waals surface area contributed by atoms with Crippen LogP contribution in [0, 0.1) is 6.92 Å². The summed E-state index contributed by atoms with van der Waals surface area (Å²) in [6, 6.07) is 18.2. The number of nitrogens with one attached hydrogen (secondary N) is 2. The highest BCUT2D eigenvalue weighted by Gasteiger charge is 2.33. The number of ether oxygens (including phenoxy) is 3. The number of methoxy groups -OCH3 is 2. The maximum absolute atomic E-state index is 13.6. The number of anilines is 2. The molecular formula is C38H38N8O6. The van der Waals surface area contributed by atoms with E-state index in [0.29, 0.717) is 76.5 Å². The lowest BCUT2D eigenvalue weighted by molar-refractivity contribution is -0.116. The van der Waals surface area contributed by atoms with Crippen LogP contribution in [0.15, 0.2) is 78.2 Å². The first-order valence-corrected chi connectivity index (χ1v) is 16.8. The van der Waals surface area contributed by atoms with Crippen LogP contribution in [0.4, 0.5) is 17.1 Å². The summed E-state index contributed by atoms with van der Waals surface area (Å²) in [7, 11) is 4.79. The second kappa shape index (κ2) is 14.4. The van der Waals surface area contributed by atoms with Crippen molar-refractivity contribution in [2.45, 2.75) is 38.8 Å². The molecule has 0 spiro atoms. The largest absolute Gasteiger partial charge is 0.494 e. The molecule has 7 rings (SSSR count). The molecule has 0 saturated heterocycles. The molecule has 2 aromatic heterocycles. The van der Waals surface area contributed by atoms with Crippen LogP contribution in [0.5, 0.6) is 17.2 Å². The third-order valence-corrected chi connectivity index (χ3v) is 9.07. The number of aryl methyl sites for hydroxylation is 2. The Morgan fingerprint density at radius 2 is 1.75 bits per heavy atom. The molecule has 52 heavy (non-hydrogen) atoms. The fourth-order valence-electron chi connectivity index (χ4n) is 6.42. The summed E-state index contributed by atoms with van der Waals surface area (Å²) in [6.45, 7) is 2.54. The number of fused-ring (bicyclic) bond motifs is 3. The Bertz CT molecular complexity index is 2200. The molecule has 4 heterocycles. The van der Waals surface area contributed by atoms with Crippen LogP contribution in [0.3, 0.4) is 0 Å². The predicted molar refractivity (Wildman–Crippen MR) is 194 cm³/mol. The van der Waals surface area contributed by atoms with E-state index in [1.165, 1.54) is 12.7 Å². The van der Waals surface area contributed by atoms with Gasteiger partial charge in [0.2, 0.25) is 5.91 Å². The summed E-state index contributed by atoms with van der Waals surface area (Å²) in [4.78, 5) is 50.3. The highest BCUT2D eigenvalue weighted by Crippen LogP contribution is 2.38. The van der Waals surface area contributed by atoms with Crippen LogP contribution in [-0.4, -0.2) is 75.0 Å². The second-order valence-corrected chi connectivity index (χ2v) is 12.6. The van der Waals surface area contributed by atoms with Gasteiger partial charge in [-0.25, -0.2) is 9.67 Å². The standard InChI is InChI=1S/C38H38N8O6/c1-23-40-22-46(43-23)31-12-11-26(16-33(31)50-3)42-37(48)32-15-27(21-44(32)2)41-36(47)10-7-13-52-35-18-30-29(17-34(35)51-4)38(49)45-20-25-9-6-5-8-24(25)14-28(45)19-39-30/h5-6,8-9,11-12,15-19,21-22,28H,7,10,13-14,20H2,1-4H3,(H,41,47)(H,42,48). The Balaban J connectivity index is 0.934. The van der Waals surface area contributed by atoms with E-state index in [0.717, 1.165) is 5.56 Å². The van der Waals surface area contributed by atoms with Crippen LogP contribution in [0.2, 0.25) is 0 Å². The van der Waals surface area contributed by atoms with Gasteiger partial charge in [0.05, 0.1) is 43.8 Å². The first-order valence-electron chi connectivity index (χ1n) is 16.8. The van der Waals surface area contributed by atoms with Crippen LogP contribution in [-0.2, 0) is 24.8 Å². The van der Waals surface area contributed by atoms with Crippen molar-refractivity contribution >= 4 is 41.0 Å². The van der Waals surface area contributed by atoms with Gasteiger partial charge in [-0.05, 0) is 55.2 Å². The number of nitrogens with zero attached hydrogens (tertiary/aromatic N) is 6. The zero-order valence-corrected chi connectivity index (χ0v) is 29.3. The number of carbonyl (C=O) groups is 3. The first kappa shape index (κ1) is 34.0. The Labute approximate surface area is 300 Å². The van der Waals surface area contributed by atoms with Crippen LogP contribution < -0.4 is 24.8 Å². The lowest BCUT2D eigenvalue weighted by atomic mass is 9.94. The van der Waals surface area contributed by atoms with Crippen molar-refractivity contribution < 1.29 is 28.6 Å². The summed E-state index contributed by atoms with van der Waals surface area (Å²) in [5.74, 6) is 1.29. The van der Waals surface area contributed by atoms with Crippen molar-refractivity contribution in [3.63, 3.8) is 0 Å². The number of hydrogen-bond acceptors (Lipinski definition) is 9. The minimum absolute atomic E-state index is 0.108. The van der Waals surface area contributed by atoms with Gasteiger partial charge in [0.1, 0.15) is 29.3 Å². The van der Waals surface area contributed by atoms with E-state index in [4.69, 9.17) is 14.2 Å². The Morgan fingerprint density at radius 1 is 0.942 bits per heavy atom. The molecule has 0 radical (unpaired) electrons. The summed E-state index contributed by atoms with van der Waals surface area (Å²) in [6.07, 6.45) is 6.38. The molecule has 14 heteroatoms. The van der Waals surface area contributed by atoms with Crippen molar-refractivity contribution in [3.8, 4) is 22.9 Å². The van der Waals surface area contributed by atoms with E-state index in [9.17, 15) is 14.4 Å². The molecule has 0 aliphatic carbocycles. The monoisotopic (exact) mass is 702 g/mol. The Morgan fingerprint density at radius 3 is 2.52 bits per heavy atom. The lowest BCUT2D eigenvalue weighted by Gasteiger charge is -2.34. The van der Waals surface area contributed by atoms with Crippen molar-refractivity contribution in [3.05, 3.63) is 101 Å². The molecule has 2 N–H and O–H groups in total. The van der Waals surface area contributed by atoms with Gasteiger partial charge < -0.3 is 34.3 Å². The van der Waals surface area contributed by atoms with Crippen LogP contribution >= 0.6 is 0 Å². The summed E-state index contributed by atoms with van der Waals surface area (Å²) in [5, 5.41) is 10.1. The summed E-state index contributed by atoms with van der Waals surface area (Å²) < 4.78 is 20.4. The summed E-state index contributed by atoms with van der Waals surface area (Å²) >= 11 is 0. The molecule has 0 bridgehead atoms. The summed E-state index contributed by atoms with van der Waals surface area (Å²) in [5.41, 5.74) is 5.37. The van der Waals surface area contributed by atoms with Gasteiger partial charge in [0.15, 0.2) is 11.5 Å². The molecule has 5 aromatic rings. The van der Waals surface area contributed by atoms with Crippen molar-refractivity contribution in [1.82, 2.24) is 24.2 Å². The fourth-order valence-corrected chi connectivity index (χ4v) is 6.42. The number of carbonyl (C=O) groups excluding carboxylic acids is 3.